The number of carbonyl (C=O) groups is 1. The van der Waals surface area contributed by atoms with Crippen LogP contribution in [0.1, 0.15) is 11.6 Å². The Morgan fingerprint density at radius 1 is 1.11 bits per heavy atom. The lowest BCUT2D eigenvalue weighted by molar-refractivity contribution is -0.139. The van der Waals surface area contributed by atoms with Crippen LogP contribution in [0.15, 0.2) is 61.1 Å². The molecule has 2 aromatic carbocycles. The number of benzene rings is 2. The molecule has 1 fully saturated rings. The maximum absolute atomic E-state index is 14.4. The Morgan fingerprint density at radius 2 is 1.87 bits per heavy atom. The second-order valence-electron chi connectivity index (χ2n) is 8.75. The van der Waals surface area contributed by atoms with Crippen molar-refractivity contribution in [2.45, 2.75) is 18.5 Å². The second-order valence-corrected chi connectivity index (χ2v) is 9.16. The second kappa shape index (κ2) is 10.8. The summed E-state index contributed by atoms with van der Waals surface area (Å²) in [7, 11) is 0. The lowest BCUT2D eigenvalue weighted by Gasteiger charge is -2.31. The molecule has 0 spiro atoms. The van der Waals surface area contributed by atoms with Gasteiger partial charge in [-0.2, -0.15) is 0 Å². The summed E-state index contributed by atoms with van der Waals surface area (Å²) in [6.07, 6.45) is 1.65. The van der Waals surface area contributed by atoms with Crippen molar-refractivity contribution in [2.24, 2.45) is 0 Å². The summed E-state index contributed by atoms with van der Waals surface area (Å²) in [5.74, 6) is -1.29. The Bertz CT molecular complexity index is 1470. The number of piperazine rings is 1. The molecule has 8 nitrogen and oxygen atoms in total. The van der Waals surface area contributed by atoms with Gasteiger partial charge in [-0.05, 0) is 23.8 Å². The van der Waals surface area contributed by atoms with Crippen molar-refractivity contribution < 1.29 is 23.1 Å². The normalized spacial score (nSPS) is 16.6. The van der Waals surface area contributed by atoms with Gasteiger partial charge in [0.2, 0.25) is 5.95 Å². The summed E-state index contributed by atoms with van der Waals surface area (Å²) in [4.78, 5) is 26.2. The van der Waals surface area contributed by atoms with E-state index in [0.29, 0.717) is 41.1 Å². The number of nitrogens with one attached hydrogen (secondary N) is 2. The highest BCUT2D eigenvalue weighted by molar-refractivity contribution is 6.34. The van der Waals surface area contributed by atoms with Crippen molar-refractivity contribution in [1.29, 1.82) is 0 Å². The van der Waals surface area contributed by atoms with Crippen molar-refractivity contribution in [1.82, 2.24) is 20.3 Å². The van der Waals surface area contributed by atoms with Gasteiger partial charge in [-0.15, -0.1) is 0 Å². The first-order valence-electron chi connectivity index (χ1n) is 11.7. The van der Waals surface area contributed by atoms with Gasteiger partial charge in [0.25, 0.3) is 6.43 Å². The molecule has 2 atom stereocenters. The third-order valence-corrected chi connectivity index (χ3v) is 6.63. The van der Waals surface area contributed by atoms with Crippen LogP contribution in [0.3, 0.4) is 0 Å². The molecule has 1 saturated heterocycles. The minimum Gasteiger partial charge on any atom is -0.480 e. The Labute approximate surface area is 220 Å². The Hall–Kier alpha value is -3.96. The summed E-state index contributed by atoms with van der Waals surface area (Å²) < 4.78 is 42.4. The molecule has 12 heteroatoms. The molecule has 1 aliphatic rings. The summed E-state index contributed by atoms with van der Waals surface area (Å²) >= 11 is 6.38. The van der Waals surface area contributed by atoms with Gasteiger partial charge in [-0.25, -0.2) is 23.1 Å². The molecule has 3 heterocycles. The lowest BCUT2D eigenvalue weighted by atomic mass is 10.0. The van der Waals surface area contributed by atoms with E-state index in [4.69, 9.17) is 11.6 Å². The molecule has 2 aromatic heterocycles. The molecule has 0 amide bonds. The summed E-state index contributed by atoms with van der Waals surface area (Å²) in [5, 5.41) is 15.5. The predicted molar refractivity (Wildman–Crippen MR) is 138 cm³/mol. The maximum Gasteiger partial charge on any atom is 0.322 e. The molecule has 0 radical (unpaired) electrons. The monoisotopic (exact) mass is 542 g/mol. The number of hydrogen-bond donors (Lipinski definition) is 3. The van der Waals surface area contributed by atoms with E-state index in [9.17, 15) is 23.1 Å². The van der Waals surface area contributed by atoms with Gasteiger partial charge in [-0.3, -0.25) is 9.78 Å². The van der Waals surface area contributed by atoms with Gasteiger partial charge < -0.3 is 20.6 Å². The zero-order valence-corrected chi connectivity index (χ0v) is 20.5. The van der Waals surface area contributed by atoms with Gasteiger partial charge in [0, 0.05) is 54.7 Å². The summed E-state index contributed by atoms with van der Waals surface area (Å²) in [6.45, 7) is 1.28. The Balaban J connectivity index is 1.47. The van der Waals surface area contributed by atoms with Crippen LogP contribution in [0.5, 0.6) is 0 Å². The van der Waals surface area contributed by atoms with E-state index in [1.165, 1.54) is 24.4 Å². The number of alkyl halides is 2. The highest BCUT2D eigenvalue weighted by Crippen LogP contribution is 2.37. The number of carboxylic acids is 1. The fraction of sp³-hybridized carbons (Fsp3) is 0.231. The molecule has 5 rings (SSSR count). The Morgan fingerprint density at radius 3 is 2.58 bits per heavy atom. The molecule has 0 bridgehead atoms. The highest BCUT2D eigenvalue weighted by Gasteiger charge is 2.28. The van der Waals surface area contributed by atoms with Crippen LogP contribution in [0.2, 0.25) is 5.02 Å². The topological polar surface area (TPSA) is 103 Å². The molecule has 4 aromatic rings. The lowest BCUT2D eigenvalue weighted by Crippen LogP contribution is -2.54. The Kier molecular flexibility index (Phi) is 7.30. The molecule has 0 aliphatic carbocycles. The van der Waals surface area contributed by atoms with Crippen LogP contribution in [0, 0.1) is 5.82 Å². The van der Waals surface area contributed by atoms with Gasteiger partial charge in [0.05, 0.1) is 16.2 Å². The highest BCUT2D eigenvalue weighted by atomic mass is 35.5. The fourth-order valence-electron chi connectivity index (χ4n) is 4.38. The standard InChI is InChI=1S/C26H22ClF3N6O2/c27-18-12-32-20-6-5-14(15-10-33-26(34-11-15)36-8-7-31-21(13-36)25(37)38)9-17(20)22(18)35-23(24(29)30)16-3-1-2-4-19(16)28/h1-6,9-12,21,23-24,31H,7-8,13H2,(H,32,35)(H,37,38)/t21?,23-/m0/s1. The smallest absolute Gasteiger partial charge is 0.322 e. The van der Waals surface area contributed by atoms with Crippen LogP contribution in [-0.4, -0.2) is 58.1 Å². The first-order valence-corrected chi connectivity index (χ1v) is 12.1. The average Bonchev–Trinajstić information content (AvgIpc) is 2.93. The number of halogens is 4. The van der Waals surface area contributed by atoms with E-state index in [1.54, 1.807) is 35.5 Å². The molecular formula is C26H22ClF3N6O2. The van der Waals surface area contributed by atoms with Gasteiger partial charge in [0.1, 0.15) is 17.9 Å². The molecular weight excluding hydrogens is 521 g/mol. The first-order chi connectivity index (χ1) is 18.3. The zero-order valence-electron chi connectivity index (χ0n) is 19.8. The van der Waals surface area contributed by atoms with Crippen molar-refractivity contribution >= 4 is 40.1 Å². The number of rotatable bonds is 7. The van der Waals surface area contributed by atoms with Crippen LogP contribution in [0.4, 0.5) is 24.8 Å². The maximum atomic E-state index is 14.4. The molecule has 38 heavy (non-hydrogen) atoms. The first kappa shape index (κ1) is 25.7. The third kappa shape index (κ3) is 5.20. The number of aliphatic carboxylic acids is 1. The minimum absolute atomic E-state index is 0.106. The average molecular weight is 543 g/mol. The van der Waals surface area contributed by atoms with Crippen molar-refractivity contribution in [3.63, 3.8) is 0 Å². The summed E-state index contributed by atoms with van der Waals surface area (Å²) in [5.41, 5.74) is 1.84. The predicted octanol–water partition coefficient (Wildman–Crippen LogP) is 4.77. The van der Waals surface area contributed by atoms with Crippen molar-refractivity contribution in [3.8, 4) is 11.1 Å². The number of carboxylic acid groups (broad SMARTS) is 1. The molecule has 1 aliphatic heterocycles. The largest absolute Gasteiger partial charge is 0.480 e. The van der Waals surface area contributed by atoms with E-state index in [0.717, 1.165) is 6.07 Å². The number of hydrogen-bond acceptors (Lipinski definition) is 7. The SMILES string of the molecule is O=C(O)C1CN(c2ncc(-c3ccc4ncc(Cl)c(N[C@@H](c5ccccc5F)C(F)F)c4c3)cn2)CCN1. The van der Waals surface area contributed by atoms with Crippen LogP contribution in [-0.2, 0) is 4.79 Å². The number of anilines is 2. The van der Waals surface area contributed by atoms with Gasteiger partial charge in [-0.1, -0.05) is 35.9 Å². The van der Waals surface area contributed by atoms with Gasteiger partial charge in [0.15, 0.2) is 0 Å². The van der Waals surface area contributed by atoms with Crippen molar-refractivity contribution in [3.05, 3.63) is 77.5 Å². The molecule has 196 valence electrons. The molecule has 1 unspecified atom stereocenters. The van der Waals surface area contributed by atoms with Crippen molar-refractivity contribution in [2.75, 3.05) is 29.9 Å². The van der Waals surface area contributed by atoms with E-state index in [1.807, 2.05) is 0 Å². The zero-order chi connectivity index (χ0) is 26.8. The van der Waals surface area contributed by atoms with E-state index >= 15 is 0 Å². The van der Waals surface area contributed by atoms with Gasteiger partial charge >= 0.3 is 5.97 Å². The molecule has 3 N–H and O–H groups in total. The molecule has 0 saturated carbocycles. The third-order valence-electron chi connectivity index (χ3n) is 6.34. The quantitative estimate of drug-likeness (QED) is 0.307. The van der Waals surface area contributed by atoms with Crippen LogP contribution < -0.4 is 15.5 Å². The summed E-state index contributed by atoms with van der Waals surface area (Å²) in [6, 6.07) is 8.24. The minimum atomic E-state index is -2.92. The number of fused-ring (bicyclic) bond motifs is 1. The number of pyridine rings is 1. The van der Waals surface area contributed by atoms with Crippen LogP contribution in [0.25, 0.3) is 22.0 Å². The fourth-order valence-corrected chi connectivity index (χ4v) is 4.59. The van der Waals surface area contributed by atoms with E-state index in [-0.39, 0.29) is 22.8 Å². The van der Waals surface area contributed by atoms with E-state index in [2.05, 4.69) is 25.6 Å². The number of aromatic nitrogens is 3. The van der Waals surface area contributed by atoms with Crippen LogP contribution >= 0.6 is 11.6 Å². The van der Waals surface area contributed by atoms with E-state index < -0.39 is 30.3 Å². The number of nitrogens with zero attached hydrogens (tertiary/aromatic N) is 4.